The fraction of sp³-hybridized carbons (Fsp3) is 0.333. The summed E-state index contributed by atoms with van der Waals surface area (Å²) in [6.45, 7) is 10.6. The van der Waals surface area contributed by atoms with Gasteiger partial charge in [0.05, 0.1) is 6.04 Å². The molecule has 0 heterocycles. The summed E-state index contributed by atoms with van der Waals surface area (Å²) in [5.41, 5.74) is 15.0. The van der Waals surface area contributed by atoms with Crippen molar-refractivity contribution >= 4 is 11.6 Å². The molecule has 2 rings (SSSR count). The van der Waals surface area contributed by atoms with Crippen LogP contribution in [0.5, 0.6) is 0 Å². The highest BCUT2D eigenvalue weighted by molar-refractivity contribution is 6.31. The van der Waals surface area contributed by atoms with Crippen molar-refractivity contribution in [3.63, 3.8) is 0 Å². The van der Waals surface area contributed by atoms with Crippen molar-refractivity contribution in [2.45, 2.75) is 40.7 Å². The zero-order valence-electron chi connectivity index (χ0n) is 12.8. The SMILES string of the molecule is Cc1ccc(C(N)c2c(C)c(C)cc(C)c2C)c(Cl)c1. The Morgan fingerprint density at radius 1 is 0.900 bits per heavy atom. The van der Waals surface area contributed by atoms with E-state index in [-0.39, 0.29) is 6.04 Å². The summed E-state index contributed by atoms with van der Waals surface area (Å²) in [5, 5.41) is 0.746. The van der Waals surface area contributed by atoms with E-state index in [1.165, 1.54) is 27.8 Å². The van der Waals surface area contributed by atoms with Gasteiger partial charge >= 0.3 is 0 Å². The van der Waals surface area contributed by atoms with Crippen LogP contribution in [0.4, 0.5) is 0 Å². The van der Waals surface area contributed by atoms with E-state index in [0.717, 1.165) is 16.1 Å². The summed E-state index contributed by atoms with van der Waals surface area (Å²) in [6, 6.07) is 8.12. The Bertz CT molecular complexity index is 633. The van der Waals surface area contributed by atoms with Gasteiger partial charge in [0.2, 0.25) is 0 Å². The second kappa shape index (κ2) is 5.59. The van der Waals surface area contributed by atoms with Gasteiger partial charge < -0.3 is 5.73 Å². The smallest absolute Gasteiger partial charge is 0.0571 e. The molecule has 0 saturated carbocycles. The largest absolute Gasteiger partial charge is 0.320 e. The van der Waals surface area contributed by atoms with Crippen LogP contribution in [0.1, 0.15) is 45.0 Å². The lowest BCUT2D eigenvalue weighted by Gasteiger charge is -2.22. The van der Waals surface area contributed by atoms with Crippen molar-refractivity contribution in [1.82, 2.24) is 0 Å². The molecule has 106 valence electrons. The molecule has 2 heteroatoms. The second-order valence-electron chi connectivity index (χ2n) is 5.68. The van der Waals surface area contributed by atoms with Gasteiger partial charge in [-0.15, -0.1) is 0 Å². The normalized spacial score (nSPS) is 12.6. The summed E-state index contributed by atoms with van der Waals surface area (Å²) in [5.74, 6) is 0. The third-order valence-electron chi connectivity index (χ3n) is 4.23. The van der Waals surface area contributed by atoms with Gasteiger partial charge in [-0.05, 0) is 79.6 Å². The Labute approximate surface area is 126 Å². The maximum Gasteiger partial charge on any atom is 0.0571 e. The minimum Gasteiger partial charge on any atom is -0.320 e. The van der Waals surface area contributed by atoms with Crippen LogP contribution >= 0.6 is 11.6 Å². The predicted molar refractivity (Wildman–Crippen MR) is 87.6 cm³/mol. The summed E-state index contributed by atoms with van der Waals surface area (Å²) in [6.07, 6.45) is 0. The van der Waals surface area contributed by atoms with E-state index in [0.29, 0.717) is 0 Å². The van der Waals surface area contributed by atoms with E-state index >= 15 is 0 Å². The van der Waals surface area contributed by atoms with Gasteiger partial charge in [-0.25, -0.2) is 0 Å². The van der Waals surface area contributed by atoms with Crippen molar-refractivity contribution in [3.8, 4) is 0 Å². The van der Waals surface area contributed by atoms with E-state index in [2.05, 4.69) is 39.8 Å². The Balaban J connectivity index is 2.62. The Morgan fingerprint density at radius 3 is 1.95 bits per heavy atom. The molecule has 0 amide bonds. The van der Waals surface area contributed by atoms with Crippen LogP contribution in [-0.2, 0) is 0 Å². The summed E-state index contributed by atoms with van der Waals surface area (Å²) >= 11 is 6.38. The summed E-state index contributed by atoms with van der Waals surface area (Å²) in [4.78, 5) is 0. The number of aryl methyl sites for hydroxylation is 3. The lowest BCUT2D eigenvalue weighted by molar-refractivity contribution is 0.845. The van der Waals surface area contributed by atoms with Crippen LogP contribution in [0.3, 0.4) is 0 Å². The highest BCUT2D eigenvalue weighted by Gasteiger charge is 2.19. The summed E-state index contributed by atoms with van der Waals surface area (Å²) < 4.78 is 0. The zero-order valence-corrected chi connectivity index (χ0v) is 13.6. The van der Waals surface area contributed by atoms with Gasteiger partial charge in [-0.3, -0.25) is 0 Å². The molecule has 0 bridgehead atoms. The third-order valence-corrected chi connectivity index (χ3v) is 4.55. The van der Waals surface area contributed by atoms with Gasteiger partial charge in [0.1, 0.15) is 0 Å². The zero-order chi connectivity index (χ0) is 15.0. The van der Waals surface area contributed by atoms with Crippen molar-refractivity contribution in [1.29, 1.82) is 0 Å². The van der Waals surface area contributed by atoms with Crippen molar-refractivity contribution in [2.75, 3.05) is 0 Å². The van der Waals surface area contributed by atoms with Gasteiger partial charge in [0.25, 0.3) is 0 Å². The molecule has 1 unspecified atom stereocenters. The quantitative estimate of drug-likeness (QED) is 0.833. The minimum absolute atomic E-state index is 0.179. The molecule has 1 atom stereocenters. The van der Waals surface area contributed by atoms with Crippen LogP contribution < -0.4 is 5.73 Å². The van der Waals surface area contributed by atoms with Crippen LogP contribution in [0, 0.1) is 34.6 Å². The fourth-order valence-electron chi connectivity index (χ4n) is 2.75. The van der Waals surface area contributed by atoms with Crippen LogP contribution in [0.2, 0.25) is 5.02 Å². The van der Waals surface area contributed by atoms with E-state index in [9.17, 15) is 0 Å². The Hall–Kier alpha value is -1.31. The van der Waals surface area contributed by atoms with Crippen molar-refractivity contribution in [3.05, 3.63) is 68.2 Å². The third kappa shape index (κ3) is 2.61. The molecular formula is C18H22ClN. The molecule has 0 aliphatic carbocycles. The number of rotatable bonds is 2. The molecule has 0 aromatic heterocycles. The van der Waals surface area contributed by atoms with E-state index in [4.69, 9.17) is 17.3 Å². The molecule has 20 heavy (non-hydrogen) atoms. The van der Waals surface area contributed by atoms with Crippen molar-refractivity contribution < 1.29 is 0 Å². The molecule has 0 aliphatic rings. The van der Waals surface area contributed by atoms with E-state index in [1.54, 1.807) is 0 Å². The van der Waals surface area contributed by atoms with Crippen molar-refractivity contribution in [2.24, 2.45) is 5.73 Å². The predicted octanol–water partition coefficient (Wildman–Crippen LogP) is 4.93. The van der Waals surface area contributed by atoms with Crippen LogP contribution in [0.25, 0.3) is 0 Å². The molecule has 0 spiro atoms. The average Bonchev–Trinajstić information content (AvgIpc) is 2.36. The topological polar surface area (TPSA) is 26.0 Å². The number of halogens is 1. The van der Waals surface area contributed by atoms with Gasteiger partial charge in [-0.1, -0.05) is 29.8 Å². The molecule has 2 N–H and O–H groups in total. The maximum atomic E-state index is 6.52. The summed E-state index contributed by atoms with van der Waals surface area (Å²) in [7, 11) is 0. The molecule has 1 nitrogen and oxygen atoms in total. The molecule has 0 radical (unpaired) electrons. The monoisotopic (exact) mass is 287 g/mol. The van der Waals surface area contributed by atoms with Gasteiger partial charge in [0.15, 0.2) is 0 Å². The molecule has 2 aromatic carbocycles. The maximum absolute atomic E-state index is 6.52. The number of hydrogen-bond donors (Lipinski definition) is 1. The Morgan fingerprint density at radius 2 is 1.45 bits per heavy atom. The van der Waals surface area contributed by atoms with Crippen LogP contribution in [0.15, 0.2) is 24.3 Å². The standard InChI is InChI=1S/C18H22ClN/c1-10-6-7-15(16(19)8-10)18(20)17-13(4)11(2)9-12(3)14(17)5/h6-9,18H,20H2,1-5H3. The minimum atomic E-state index is -0.179. The number of hydrogen-bond acceptors (Lipinski definition) is 1. The first-order valence-electron chi connectivity index (χ1n) is 6.92. The average molecular weight is 288 g/mol. The second-order valence-corrected chi connectivity index (χ2v) is 6.08. The number of benzene rings is 2. The van der Waals surface area contributed by atoms with E-state index < -0.39 is 0 Å². The molecular weight excluding hydrogens is 266 g/mol. The van der Waals surface area contributed by atoms with Gasteiger partial charge in [-0.2, -0.15) is 0 Å². The lowest BCUT2D eigenvalue weighted by atomic mass is 9.87. The fourth-order valence-corrected chi connectivity index (χ4v) is 3.11. The molecule has 2 aromatic rings. The first-order valence-corrected chi connectivity index (χ1v) is 7.29. The first-order chi connectivity index (χ1) is 9.32. The Kier molecular flexibility index (Phi) is 4.22. The molecule has 0 fully saturated rings. The molecule has 0 aliphatic heterocycles. The highest BCUT2D eigenvalue weighted by Crippen LogP contribution is 2.33. The highest BCUT2D eigenvalue weighted by atomic mass is 35.5. The van der Waals surface area contributed by atoms with Crippen LogP contribution in [-0.4, -0.2) is 0 Å². The van der Waals surface area contributed by atoms with E-state index in [1.807, 2.05) is 19.1 Å². The number of nitrogens with two attached hydrogens (primary N) is 1. The molecule has 0 saturated heterocycles. The lowest BCUT2D eigenvalue weighted by Crippen LogP contribution is -2.16. The van der Waals surface area contributed by atoms with Gasteiger partial charge in [0, 0.05) is 5.02 Å². The first kappa shape index (κ1) is 15.1.